The zero-order valence-corrected chi connectivity index (χ0v) is 10.7. The molecule has 2 N–H and O–H groups in total. The van der Waals surface area contributed by atoms with Crippen molar-refractivity contribution < 1.29 is 0 Å². The molecule has 0 amide bonds. The van der Waals surface area contributed by atoms with E-state index >= 15 is 0 Å². The number of nitrogens with zero attached hydrogens (tertiary/aromatic N) is 2. The smallest absolute Gasteiger partial charge is 0.167 e. The summed E-state index contributed by atoms with van der Waals surface area (Å²) in [5.74, 6) is 0.671. The Morgan fingerprint density at radius 3 is 2.94 bits per heavy atom. The highest BCUT2D eigenvalue weighted by atomic mass is 32.2. The van der Waals surface area contributed by atoms with Crippen LogP contribution in [0.25, 0.3) is 0 Å². The van der Waals surface area contributed by atoms with Crippen LogP contribution < -0.4 is 5.73 Å². The lowest BCUT2D eigenvalue weighted by Gasteiger charge is -2.22. The van der Waals surface area contributed by atoms with E-state index in [1.807, 2.05) is 24.2 Å². The minimum Gasteiger partial charge on any atom is -0.330 e. The van der Waals surface area contributed by atoms with Gasteiger partial charge in [0.15, 0.2) is 5.16 Å². The molecular weight excluding hydrogens is 218 g/mol. The summed E-state index contributed by atoms with van der Waals surface area (Å²) in [5, 5.41) is 1.79. The molecule has 0 saturated heterocycles. The molecule has 1 saturated carbocycles. The van der Waals surface area contributed by atoms with Gasteiger partial charge < -0.3 is 10.3 Å². The van der Waals surface area contributed by atoms with Crippen LogP contribution in [0.5, 0.6) is 0 Å². The molecule has 0 spiro atoms. The molecule has 2 unspecified atom stereocenters. The number of thioether (sulfide) groups is 1. The second-order valence-corrected chi connectivity index (χ2v) is 5.82. The topological polar surface area (TPSA) is 43.8 Å². The van der Waals surface area contributed by atoms with Crippen molar-refractivity contribution in [1.29, 1.82) is 0 Å². The Bertz CT molecular complexity index is 324. The Morgan fingerprint density at radius 2 is 2.25 bits per heavy atom. The molecule has 90 valence electrons. The van der Waals surface area contributed by atoms with Crippen LogP contribution in [0.3, 0.4) is 0 Å². The Labute approximate surface area is 102 Å². The normalized spacial score (nSPS) is 26.6. The first-order chi connectivity index (χ1) is 7.81. The van der Waals surface area contributed by atoms with Crippen molar-refractivity contribution in [2.45, 2.75) is 42.5 Å². The highest BCUT2D eigenvalue weighted by molar-refractivity contribution is 7.99. The lowest BCUT2D eigenvalue weighted by molar-refractivity contribution is 0.482. The van der Waals surface area contributed by atoms with Crippen molar-refractivity contribution in [3.05, 3.63) is 12.4 Å². The van der Waals surface area contributed by atoms with Gasteiger partial charge in [-0.3, -0.25) is 0 Å². The summed E-state index contributed by atoms with van der Waals surface area (Å²) in [6, 6.07) is 0. The van der Waals surface area contributed by atoms with Crippen LogP contribution in [0.1, 0.15) is 32.1 Å². The standard InChI is InChI=1S/C12H21N3S/c1-15-8-7-14-12(15)16-11-6-4-2-3-5-10(11)9-13/h7-8,10-11H,2-6,9,13H2,1H3. The number of hydrogen-bond acceptors (Lipinski definition) is 3. The van der Waals surface area contributed by atoms with Gasteiger partial charge in [0, 0.05) is 24.7 Å². The molecule has 1 aliphatic carbocycles. The van der Waals surface area contributed by atoms with Gasteiger partial charge in [-0.2, -0.15) is 0 Å². The van der Waals surface area contributed by atoms with Crippen molar-refractivity contribution in [3.63, 3.8) is 0 Å². The third-order valence-corrected chi connectivity index (χ3v) is 4.95. The van der Waals surface area contributed by atoms with Crippen molar-refractivity contribution in [2.75, 3.05) is 6.54 Å². The summed E-state index contributed by atoms with van der Waals surface area (Å²) in [6.45, 7) is 0.822. The van der Waals surface area contributed by atoms with Gasteiger partial charge in [0.25, 0.3) is 0 Å². The average molecular weight is 239 g/mol. The predicted octanol–water partition coefficient (Wildman–Crippen LogP) is 2.42. The average Bonchev–Trinajstić information content (AvgIpc) is 2.56. The fourth-order valence-corrected chi connectivity index (χ4v) is 3.72. The monoisotopic (exact) mass is 239 g/mol. The Kier molecular flexibility index (Phi) is 4.29. The highest BCUT2D eigenvalue weighted by Crippen LogP contribution is 2.35. The number of aryl methyl sites for hydroxylation is 1. The van der Waals surface area contributed by atoms with Crippen molar-refractivity contribution >= 4 is 11.8 Å². The molecule has 2 rings (SSSR count). The van der Waals surface area contributed by atoms with Crippen LogP contribution >= 0.6 is 11.8 Å². The third kappa shape index (κ3) is 2.80. The van der Waals surface area contributed by atoms with Crippen LogP contribution in [0.15, 0.2) is 17.6 Å². The zero-order valence-electron chi connectivity index (χ0n) is 9.93. The van der Waals surface area contributed by atoms with E-state index in [9.17, 15) is 0 Å². The van der Waals surface area contributed by atoms with E-state index in [1.165, 1.54) is 32.1 Å². The van der Waals surface area contributed by atoms with Crippen LogP contribution in [0, 0.1) is 5.92 Å². The van der Waals surface area contributed by atoms with Gasteiger partial charge in [-0.05, 0) is 25.3 Å². The van der Waals surface area contributed by atoms with Gasteiger partial charge in [-0.25, -0.2) is 4.98 Å². The quantitative estimate of drug-likeness (QED) is 0.824. The van der Waals surface area contributed by atoms with Crippen LogP contribution in [-0.4, -0.2) is 21.3 Å². The van der Waals surface area contributed by atoms with E-state index in [-0.39, 0.29) is 0 Å². The number of hydrogen-bond donors (Lipinski definition) is 1. The van der Waals surface area contributed by atoms with E-state index in [1.54, 1.807) is 0 Å². The zero-order chi connectivity index (χ0) is 11.4. The molecule has 0 aliphatic heterocycles. The number of aromatic nitrogens is 2. The molecule has 1 aromatic heterocycles. The SMILES string of the molecule is Cn1ccnc1SC1CCCCCC1CN. The van der Waals surface area contributed by atoms with E-state index in [4.69, 9.17) is 5.73 Å². The number of imidazole rings is 1. The van der Waals surface area contributed by atoms with Gasteiger partial charge >= 0.3 is 0 Å². The summed E-state index contributed by atoms with van der Waals surface area (Å²) in [4.78, 5) is 4.39. The van der Waals surface area contributed by atoms with Crippen LogP contribution in [0.4, 0.5) is 0 Å². The molecule has 1 aliphatic rings. The summed E-state index contributed by atoms with van der Waals surface area (Å²) in [5.41, 5.74) is 5.89. The maximum absolute atomic E-state index is 5.89. The Hall–Kier alpha value is -0.480. The molecule has 16 heavy (non-hydrogen) atoms. The Balaban J connectivity index is 2.03. The van der Waals surface area contributed by atoms with Crippen LogP contribution in [0.2, 0.25) is 0 Å². The summed E-state index contributed by atoms with van der Waals surface area (Å²) in [6.07, 6.45) is 10.5. The predicted molar refractivity (Wildman–Crippen MR) is 68.5 cm³/mol. The maximum Gasteiger partial charge on any atom is 0.167 e. The molecule has 3 nitrogen and oxygen atoms in total. The van der Waals surface area contributed by atoms with Crippen molar-refractivity contribution in [3.8, 4) is 0 Å². The van der Waals surface area contributed by atoms with Gasteiger partial charge in [0.2, 0.25) is 0 Å². The van der Waals surface area contributed by atoms with Gasteiger partial charge in [-0.1, -0.05) is 31.0 Å². The molecule has 1 fully saturated rings. The van der Waals surface area contributed by atoms with E-state index in [0.29, 0.717) is 11.2 Å². The molecule has 1 aromatic rings. The first-order valence-corrected chi connectivity index (χ1v) is 7.03. The molecule has 0 radical (unpaired) electrons. The summed E-state index contributed by atoms with van der Waals surface area (Å²) in [7, 11) is 2.06. The molecular formula is C12H21N3S. The Morgan fingerprint density at radius 1 is 1.44 bits per heavy atom. The number of nitrogens with two attached hydrogens (primary N) is 1. The maximum atomic E-state index is 5.89. The molecule has 2 atom stereocenters. The summed E-state index contributed by atoms with van der Waals surface area (Å²) < 4.78 is 2.10. The fraction of sp³-hybridized carbons (Fsp3) is 0.750. The second-order valence-electron chi connectivity index (χ2n) is 4.61. The van der Waals surface area contributed by atoms with Gasteiger partial charge in [0.1, 0.15) is 0 Å². The molecule has 1 heterocycles. The lowest BCUT2D eigenvalue weighted by atomic mass is 10.0. The van der Waals surface area contributed by atoms with E-state index in [2.05, 4.69) is 16.6 Å². The molecule has 4 heteroatoms. The first kappa shape index (κ1) is 12.0. The van der Waals surface area contributed by atoms with Crippen LogP contribution in [-0.2, 0) is 7.05 Å². The third-order valence-electron chi connectivity index (χ3n) is 3.43. The highest BCUT2D eigenvalue weighted by Gasteiger charge is 2.24. The minimum atomic E-state index is 0.661. The van der Waals surface area contributed by atoms with Gasteiger partial charge in [-0.15, -0.1) is 0 Å². The fourth-order valence-electron chi connectivity index (χ4n) is 2.38. The van der Waals surface area contributed by atoms with E-state index in [0.717, 1.165) is 11.7 Å². The van der Waals surface area contributed by atoms with E-state index < -0.39 is 0 Å². The first-order valence-electron chi connectivity index (χ1n) is 6.15. The van der Waals surface area contributed by atoms with Crippen molar-refractivity contribution in [2.24, 2.45) is 18.7 Å². The summed E-state index contributed by atoms with van der Waals surface area (Å²) >= 11 is 1.92. The number of rotatable bonds is 3. The molecule has 0 bridgehead atoms. The lowest BCUT2D eigenvalue weighted by Crippen LogP contribution is -2.24. The second kappa shape index (κ2) is 5.73. The minimum absolute atomic E-state index is 0.661. The van der Waals surface area contributed by atoms with Crippen molar-refractivity contribution in [1.82, 2.24) is 9.55 Å². The molecule has 0 aromatic carbocycles. The largest absolute Gasteiger partial charge is 0.330 e. The van der Waals surface area contributed by atoms with Gasteiger partial charge in [0.05, 0.1) is 0 Å².